The summed E-state index contributed by atoms with van der Waals surface area (Å²) in [6, 6.07) is 13.1. The molecular formula is C27H38N2O2. The highest BCUT2D eigenvalue weighted by Gasteiger charge is 2.13. The molecule has 0 aliphatic rings. The number of carbonyl (C=O) groups is 1. The van der Waals surface area contributed by atoms with Crippen LogP contribution in [0, 0.1) is 13.8 Å². The fourth-order valence-corrected chi connectivity index (χ4v) is 3.84. The van der Waals surface area contributed by atoms with Crippen LogP contribution in [0.25, 0.3) is 6.08 Å². The second-order valence-electron chi connectivity index (χ2n) is 8.72. The van der Waals surface area contributed by atoms with Crippen LogP contribution in [0.2, 0.25) is 0 Å². The summed E-state index contributed by atoms with van der Waals surface area (Å²) in [7, 11) is 1.69. The Kier molecular flexibility index (Phi) is 9.32. The van der Waals surface area contributed by atoms with Crippen molar-refractivity contribution in [2.24, 2.45) is 0 Å². The maximum atomic E-state index is 12.4. The number of aryl methyl sites for hydroxylation is 3. The van der Waals surface area contributed by atoms with Crippen LogP contribution >= 0.6 is 0 Å². The average molecular weight is 423 g/mol. The summed E-state index contributed by atoms with van der Waals surface area (Å²) >= 11 is 0. The molecule has 0 aliphatic carbocycles. The number of carbonyl (C=O) groups excluding carboxylic acids is 1. The molecule has 1 amide bonds. The molecule has 1 N–H and O–H groups in total. The minimum absolute atomic E-state index is 0.139. The molecule has 4 heteroatoms. The van der Waals surface area contributed by atoms with E-state index in [1.54, 1.807) is 13.2 Å². The Hall–Kier alpha value is -2.59. The quantitative estimate of drug-likeness (QED) is 0.476. The minimum Gasteiger partial charge on any atom is -0.496 e. The van der Waals surface area contributed by atoms with Gasteiger partial charge in [-0.15, -0.1) is 0 Å². The number of hydrogen-bond acceptors (Lipinski definition) is 3. The molecule has 0 aliphatic heterocycles. The third-order valence-corrected chi connectivity index (χ3v) is 5.70. The van der Waals surface area contributed by atoms with E-state index >= 15 is 0 Å². The van der Waals surface area contributed by atoms with Gasteiger partial charge in [0.2, 0.25) is 5.91 Å². The molecule has 0 heterocycles. The van der Waals surface area contributed by atoms with Gasteiger partial charge >= 0.3 is 0 Å². The predicted molar refractivity (Wildman–Crippen MR) is 132 cm³/mol. The van der Waals surface area contributed by atoms with Gasteiger partial charge < -0.3 is 10.1 Å². The molecule has 0 saturated carbocycles. The van der Waals surface area contributed by atoms with Gasteiger partial charge in [0.15, 0.2) is 0 Å². The lowest BCUT2D eigenvalue weighted by atomic mass is 10.1. The summed E-state index contributed by atoms with van der Waals surface area (Å²) in [5.41, 5.74) is 5.39. The molecule has 0 radical (unpaired) electrons. The van der Waals surface area contributed by atoms with Crippen molar-refractivity contribution < 1.29 is 9.53 Å². The maximum absolute atomic E-state index is 12.4. The van der Waals surface area contributed by atoms with E-state index in [0.717, 1.165) is 42.0 Å². The smallest absolute Gasteiger partial charge is 0.248 e. The van der Waals surface area contributed by atoms with Gasteiger partial charge in [-0.2, -0.15) is 0 Å². The number of hydrogen-bond donors (Lipinski definition) is 1. The number of amides is 1. The number of nitrogens with zero attached hydrogens (tertiary/aromatic N) is 1. The van der Waals surface area contributed by atoms with Crippen LogP contribution in [0.1, 0.15) is 56.4 Å². The van der Waals surface area contributed by atoms with Gasteiger partial charge in [-0.25, -0.2) is 0 Å². The van der Waals surface area contributed by atoms with E-state index in [0.29, 0.717) is 12.1 Å². The number of rotatable bonds is 10. The Balaban J connectivity index is 2.02. The van der Waals surface area contributed by atoms with Crippen LogP contribution in [0.15, 0.2) is 42.5 Å². The largest absolute Gasteiger partial charge is 0.496 e. The number of benzene rings is 2. The van der Waals surface area contributed by atoms with Crippen molar-refractivity contribution in [2.45, 2.75) is 66.5 Å². The molecule has 0 atom stereocenters. The first-order chi connectivity index (χ1) is 14.7. The standard InChI is InChI=1S/C27H38N2O2/c1-19(2)29(20(3)4)16-8-9-24-18-25(13-14-26(24)31-7)28-27(30)15-12-23-11-10-21(5)22(6)17-23/h10-15,17-20H,8-9,16H2,1-7H3,(H,28,30)/b15-12+. The Morgan fingerprint density at radius 1 is 1.03 bits per heavy atom. The van der Waals surface area contributed by atoms with Gasteiger partial charge in [-0.1, -0.05) is 18.2 Å². The maximum Gasteiger partial charge on any atom is 0.248 e. The molecule has 2 rings (SSSR count). The van der Waals surface area contributed by atoms with E-state index < -0.39 is 0 Å². The first kappa shape index (κ1) is 24.7. The average Bonchev–Trinajstić information content (AvgIpc) is 2.71. The predicted octanol–water partition coefficient (Wildman–Crippen LogP) is 6.02. The molecule has 0 unspecified atom stereocenters. The van der Waals surface area contributed by atoms with E-state index in [2.05, 4.69) is 63.9 Å². The molecule has 0 spiro atoms. The molecule has 2 aromatic carbocycles. The summed E-state index contributed by atoms with van der Waals surface area (Å²) in [4.78, 5) is 14.9. The Morgan fingerprint density at radius 2 is 1.74 bits per heavy atom. The zero-order valence-electron chi connectivity index (χ0n) is 20.2. The Labute approximate surface area is 188 Å². The molecule has 0 aromatic heterocycles. The lowest BCUT2D eigenvalue weighted by Crippen LogP contribution is -2.37. The van der Waals surface area contributed by atoms with Crippen LogP contribution in [0.4, 0.5) is 5.69 Å². The van der Waals surface area contributed by atoms with Crippen LogP contribution in [-0.2, 0) is 11.2 Å². The van der Waals surface area contributed by atoms with Gasteiger partial charge in [0.25, 0.3) is 0 Å². The number of methoxy groups -OCH3 is 1. The second-order valence-corrected chi connectivity index (χ2v) is 8.72. The number of anilines is 1. The van der Waals surface area contributed by atoms with Gasteiger partial charge in [-0.05, 0) is 107 Å². The van der Waals surface area contributed by atoms with Gasteiger partial charge in [0, 0.05) is 23.8 Å². The molecule has 4 nitrogen and oxygen atoms in total. The molecule has 31 heavy (non-hydrogen) atoms. The zero-order valence-corrected chi connectivity index (χ0v) is 20.2. The van der Waals surface area contributed by atoms with Crippen LogP contribution in [0.5, 0.6) is 5.75 Å². The van der Waals surface area contributed by atoms with Crippen molar-refractivity contribution in [2.75, 3.05) is 19.0 Å². The molecule has 2 aromatic rings. The van der Waals surface area contributed by atoms with Crippen LogP contribution < -0.4 is 10.1 Å². The van der Waals surface area contributed by atoms with E-state index in [1.165, 1.54) is 11.1 Å². The molecule has 0 saturated heterocycles. The normalized spacial score (nSPS) is 11.7. The molecule has 0 fully saturated rings. The SMILES string of the molecule is COc1ccc(NC(=O)/C=C/c2ccc(C)c(C)c2)cc1CCCN(C(C)C)C(C)C. The monoisotopic (exact) mass is 422 g/mol. The van der Waals surface area contributed by atoms with Crippen LogP contribution in [-0.4, -0.2) is 36.5 Å². The molecule has 168 valence electrons. The summed E-state index contributed by atoms with van der Waals surface area (Å²) in [5.74, 6) is 0.726. The topological polar surface area (TPSA) is 41.6 Å². The number of nitrogens with one attached hydrogen (secondary N) is 1. The zero-order chi connectivity index (χ0) is 23.0. The molecule has 0 bridgehead atoms. The summed E-state index contributed by atoms with van der Waals surface area (Å²) < 4.78 is 5.54. The highest BCUT2D eigenvalue weighted by molar-refractivity contribution is 6.02. The van der Waals surface area contributed by atoms with Crippen molar-refractivity contribution in [1.82, 2.24) is 4.90 Å². The third kappa shape index (κ3) is 7.55. The summed E-state index contributed by atoms with van der Waals surface area (Å²) in [5, 5.41) is 2.97. The first-order valence-electron chi connectivity index (χ1n) is 11.2. The van der Waals surface area contributed by atoms with E-state index in [-0.39, 0.29) is 5.91 Å². The van der Waals surface area contributed by atoms with E-state index in [1.807, 2.05) is 30.3 Å². The van der Waals surface area contributed by atoms with Crippen molar-refractivity contribution in [1.29, 1.82) is 0 Å². The fraction of sp³-hybridized carbons (Fsp3) is 0.444. The number of ether oxygens (including phenoxy) is 1. The second kappa shape index (κ2) is 11.7. The van der Waals surface area contributed by atoms with Gasteiger partial charge in [-0.3, -0.25) is 9.69 Å². The van der Waals surface area contributed by atoms with Crippen molar-refractivity contribution >= 4 is 17.7 Å². The highest BCUT2D eigenvalue weighted by Crippen LogP contribution is 2.24. The lowest BCUT2D eigenvalue weighted by Gasteiger charge is -2.30. The molecular weight excluding hydrogens is 384 g/mol. The van der Waals surface area contributed by atoms with Crippen LogP contribution in [0.3, 0.4) is 0 Å². The van der Waals surface area contributed by atoms with Gasteiger partial charge in [0.05, 0.1) is 7.11 Å². The van der Waals surface area contributed by atoms with Crippen molar-refractivity contribution in [3.8, 4) is 5.75 Å². The minimum atomic E-state index is -0.139. The van der Waals surface area contributed by atoms with E-state index in [9.17, 15) is 4.79 Å². The summed E-state index contributed by atoms with van der Waals surface area (Å²) in [6.45, 7) is 14.1. The van der Waals surface area contributed by atoms with Gasteiger partial charge in [0.1, 0.15) is 5.75 Å². The van der Waals surface area contributed by atoms with E-state index in [4.69, 9.17) is 4.74 Å². The Morgan fingerprint density at radius 3 is 2.35 bits per heavy atom. The summed E-state index contributed by atoms with van der Waals surface area (Å²) in [6.07, 6.45) is 5.37. The lowest BCUT2D eigenvalue weighted by molar-refractivity contribution is -0.111. The highest BCUT2D eigenvalue weighted by atomic mass is 16.5. The Bertz CT molecular complexity index is 892. The van der Waals surface area contributed by atoms with Crippen molar-refractivity contribution in [3.63, 3.8) is 0 Å². The fourth-order valence-electron chi connectivity index (χ4n) is 3.84. The third-order valence-electron chi connectivity index (χ3n) is 5.70. The first-order valence-corrected chi connectivity index (χ1v) is 11.2. The van der Waals surface area contributed by atoms with Crippen molar-refractivity contribution in [3.05, 3.63) is 64.7 Å².